The van der Waals surface area contributed by atoms with E-state index >= 15 is 0 Å². The molecular formula is C14H19BrFNO. The summed E-state index contributed by atoms with van der Waals surface area (Å²) in [6, 6.07) is 5.04. The molecule has 2 nitrogen and oxygen atoms in total. The number of halogens is 2. The molecular weight excluding hydrogens is 297 g/mol. The van der Waals surface area contributed by atoms with Crippen LogP contribution in [0.4, 0.5) is 4.39 Å². The standard InChI is InChI=1S/C14H19BrFNO/c1-17-13(14(18-2)6-3-7-14)9-10-8-11(16)4-5-12(10)15/h4-5,8,13,17H,3,6-7,9H2,1-2H3. The Morgan fingerprint density at radius 2 is 2.22 bits per heavy atom. The van der Waals surface area contributed by atoms with Gasteiger partial charge in [0.15, 0.2) is 0 Å². The van der Waals surface area contributed by atoms with Crippen molar-refractivity contribution in [2.24, 2.45) is 0 Å². The Morgan fingerprint density at radius 3 is 2.72 bits per heavy atom. The predicted octanol–water partition coefficient (Wildman–Crippen LogP) is 3.29. The molecule has 100 valence electrons. The normalized spacial score (nSPS) is 19.3. The molecule has 0 saturated heterocycles. The van der Waals surface area contributed by atoms with Gasteiger partial charge < -0.3 is 10.1 Å². The Labute approximate surface area is 116 Å². The number of likely N-dealkylation sites (N-methyl/N-ethyl adjacent to an activating group) is 1. The number of hydrogen-bond donors (Lipinski definition) is 1. The van der Waals surface area contributed by atoms with E-state index in [4.69, 9.17) is 4.74 Å². The molecule has 0 bridgehead atoms. The molecule has 0 spiro atoms. The summed E-state index contributed by atoms with van der Waals surface area (Å²) in [6.45, 7) is 0. The van der Waals surface area contributed by atoms with Crippen molar-refractivity contribution in [1.82, 2.24) is 5.32 Å². The van der Waals surface area contributed by atoms with Gasteiger partial charge in [0.1, 0.15) is 5.82 Å². The van der Waals surface area contributed by atoms with E-state index in [9.17, 15) is 4.39 Å². The SMILES string of the molecule is CNC(Cc1cc(F)ccc1Br)C1(OC)CCC1. The fourth-order valence-electron chi connectivity index (χ4n) is 2.69. The molecule has 1 aromatic rings. The maximum absolute atomic E-state index is 13.3. The van der Waals surface area contributed by atoms with Gasteiger partial charge in [-0.25, -0.2) is 4.39 Å². The first-order chi connectivity index (χ1) is 8.61. The Bertz CT molecular complexity index is 415. The molecule has 1 N–H and O–H groups in total. The molecule has 1 atom stereocenters. The fourth-order valence-corrected chi connectivity index (χ4v) is 3.10. The number of ether oxygens (including phenoxy) is 1. The summed E-state index contributed by atoms with van der Waals surface area (Å²) >= 11 is 3.48. The van der Waals surface area contributed by atoms with Crippen molar-refractivity contribution in [3.63, 3.8) is 0 Å². The second kappa shape index (κ2) is 5.68. The van der Waals surface area contributed by atoms with Crippen molar-refractivity contribution in [1.29, 1.82) is 0 Å². The minimum Gasteiger partial charge on any atom is -0.377 e. The number of benzene rings is 1. The molecule has 1 aliphatic rings. The van der Waals surface area contributed by atoms with E-state index in [1.165, 1.54) is 12.5 Å². The van der Waals surface area contributed by atoms with Crippen molar-refractivity contribution in [2.45, 2.75) is 37.3 Å². The van der Waals surface area contributed by atoms with E-state index < -0.39 is 0 Å². The van der Waals surface area contributed by atoms with E-state index in [0.29, 0.717) is 0 Å². The van der Waals surface area contributed by atoms with Gasteiger partial charge >= 0.3 is 0 Å². The van der Waals surface area contributed by atoms with Crippen LogP contribution in [-0.4, -0.2) is 25.8 Å². The molecule has 0 amide bonds. The summed E-state index contributed by atoms with van der Waals surface area (Å²) in [4.78, 5) is 0. The van der Waals surface area contributed by atoms with Crippen LogP contribution in [0, 0.1) is 5.82 Å². The van der Waals surface area contributed by atoms with Crippen molar-refractivity contribution in [3.8, 4) is 0 Å². The minimum atomic E-state index is -0.192. The predicted molar refractivity (Wildman–Crippen MR) is 74.2 cm³/mol. The van der Waals surface area contributed by atoms with Crippen LogP contribution in [0.3, 0.4) is 0 Å². The highest BCUT2D eigenvalue weighted by atomic mass is 79.9. The number of methoxy groups -OCH3 is 1. The summed E-state index contributed by atoms with van der Waals surface area (Å²) in [5, 5.41) is 3.32. The quantitative estimate of drug-likeness (QED) is 0.900. The van der Waals surface area contributed by atoms with Crippen molar-refractivity contribution < 1.29 is 9.13 Å². The average molecular weight is 316 g/mol. The molecule has 2 rings (SSSR count). The highest BCUT2D eigenvalue weighted by molar-refractivity contribution is 9.10. The van der Waals surface area contributed by atoms with Gasteiger partial charge in [0.2, 0.25) is 0 Å². The monoisotopic (exact) mass is 315 g/mol. The Balaban J connectivity index is 2.17. The highest BCUT2D eigenvalue weighted by Crippen LogP contribution is 2.39. The van der Waals surface area contributed by atoms with Crippen LogP contribution in [0.15, 0.2) is 22.7 Å². The summed E-state index contributed by atoms with van der Waals surface area (Å²) in [5.74, 6) is -0.192. The van der Waals surface area contributed by atoms with Crippen molar-refractivity contribution in [2.75, 3.05) is 14.2 Å². The Hall–Kier alpha value is -0.450. The maximum atomic E-state index is 13.3. The molecule has 0 radical (unpaired) electrons. The molecule has 0 heterocycles. The van der Waals surface area contributed by atoms with Crippen LogP contribution in [0.1, 0.15) is 24.8 Å². The lowest BCUT2D eigenvalue weighted by atomic mass is 9.72. The molecule has 1 aromatic carbocycles. The number of nitrogens with one attached hydrogen (secondary N) is 1. The van der Waals surface area contributed by atoms with Gasteiger partial charge in [0.05, 0.1) is 5.60 Å². The van der Waals surface area contributed by atoms with Crippen LogP contribution in [0.5, 0.6) is 0 Å². The van der Waals surface area contributed by atoms with Crippen LogP contribution in [-0.2, 0) is 11.2 Å². The van der Waals surface area contributed by atoms with Crippen LogP contribution >= 0.6 is 15.9 Å². The molecule has 0 aliphatic heterocycles. The zero-order chi connectivity index (χ0) is 13.2. The summed E-state index contributed by atoms with van der Waals surface area (Å²) < 4.78 is 20.0. The first-order valence-corrected chi connectivity index (χ1v) is 7.07. The van der Waals surface area contributed by atoms with E-state index in [1.54, 1.807) is 19.2 Å². The molecule has 18 heavy (non-hydrogen) atoms. The van der Waals surface area contributed by atoms with E-state index in [2.05, 4.69) is 21.2 Å². The van der Waals surface area contributed by atoms with Gasteiger partial charge in [0, 0.05) is 17.6 Å². The number of hydrogen-bond acceptors (Lipinski definition) is 2. The lowest BCUT2D eigenvalue weighted by Gasteiger charge is -2.46. The highest BCUT2D eigenvalue weighted by Gasteiger charge is 2.43. The van der Waals surface area contributed by atoms with E-state index in [1.807, 2.05) is 7.05 Å². The van der Waals surface area contributed by atoms with E-state index in [0.717, 1.165) is 29.3 Å². The zero-order valence-corrected chi connectivity index (χ0v) is 12.4. The molecule has 1 unspecified atom stereocenters. The second-order valence-corrected chi connectivity index (χ2v) is 5.76. The smallest absolute Gasteiger partial charge is 0.123 e. The number of rotatable bonds is 5. The second-order valence-electron chi connectivity index (χ2n) is 4.90. The van der Waals surface area contributed by atoms with Gasteiger partial charge in [-0.2, -0.15) is 0 Å². The molecule has 0 aromatic heterocycles. The third kappa shape index (κ3) is 2.60. The lowest BCUT2D eigenvalue weighted by molar-refractivity contribution is -0.0967. The van der Waals surface area contributed by atoms with Gasteiger partial charge in [-0.3, -0.25) is 0 Å². The summed E-state index contributed by atoms with van der Waals surface area (Å²) in [5.41, 5.74) is 0.901. The Morgan fingerprint density at radius 1 is 1.50 bits per heavy atom. The zero-order valence-electron chi connectivity index (χ0n) is 10.8. The molecule has 1 aliphatic carbocycles. The maximum Gasteiger partial charge on any atom is 0.123 e. The molecule has 1 fully saturated rings. The topological polar surface area (TPSA) is 21.3 Å². The van der Waals surface area contributed by atoms with E-state index in [-0.39, 0.29) is 17.5 Å². The Kier molecular flexibility index (Phi) is 4.41. The molecule has 1 saturated carbocycles. The average Bonchev–Trinajstić information content (AvgIpc) is 2.31. The molecule has 4 heteroatoms. The van der Waals surface area contributed by atoms with Crippen LogP contribution in [0.25, 0.3) is 0 Å². The summed E-state index contributed by atoms with van der Waals surface area (Å²) in [7, 11) is 3.71. The minimum absolute atomic E-state index is 0.0828. The third-order valence-corrected chi connectivity index (χ3v) is 4.80. The third-order valence-electron chi connectivity index (χ3n) is 4.02. The first kappa shape index (κ1) is 14.0. The van der Waals surface area contributed by atoms with Crippen molar-refractivity contribution >= 4 is 15.9 Å². The van der Waals surface area contributed by atoms with Gasteiger partial charge in [-0.1, -0.05) is 15.9 Å². The van der Waals surface area contributed by atoms with Crippen molar-refractivity contribution in [3.05, 3.63) is 34.1 Å². The van der Waals surface area contributed by atoms with Gasteiger partial charge in [-0.15, -0.1) is 0 Å². The van der Waals surface area contributed by atoms with Crippen LogP contribution < -0.4 is 5.32 Å². The summed E-state index contributed by atoms with van der Waals surface area (Å²) in [6.07, 6.45) is 4.11. The van der Waals surface area contributed by atoms with Gasteiger partial charge in [-0.05, 0) is 56.5 Å². The van der Waals surface area contributed by atoms with Gasteiger partial charge in [0.25, 0.3) is 0 Å². The lowest BCUT2D eigenvalue weighted by Crippen LogP contribution is -2.56. The first-order valence-electron chi connectivity index (χ1n) is 6.27. The van der Waals surface area contributed by atoms with Crippen LogP contribution in [0.2, 0.25) is 0 Å². The largest absolute Gasteiger partial charge is 0.377 e. The fraction of sp³-hybridized carbons (Fsp3) is 0.571.